The Morgan fingerprint density at radius 1 is 1.23 bits per heavy atom. The third-order valence-corrected chi connectivity index (χ3v) is 4.24. The number of hydrogen-bond acceptors (Lipinski definition) is 2. The molecule has 0 N–H and O–H groups in total. The molecule has 116 valence electrons. The maximum atomic E-state index is 12.4. The summed E-state index contributed by atoms with van der Waals surface area (Å²) in [6, 6.07) is 11.8. The molecule has 0 bridgehead atoms. The third kappa shape index (κ3) is 2.86. The zero-order valence-corrected chi connectivity index (χ0v) is 13.1. The van der Waals surface area contributed by atoms with Crippen LogP contribution in [0.2, 0.25) is 0 Å². The van der Waals surface area contributed by atoms with Crippen LogP contribution in [0.15, 0.2) is 48.8 Å². The fourth-order valence-corrected chi connectivity index (χ4v) is 2.78. The van der Waals surface area contributed by atoms with E-state index < -0.39 is 0 Å². The van der Waals surface area contributed by atoms with Crippen LogP contribution in [0.5, 0.6) is 5.75 Å². The number of aromatic nitrogens is 1. The van der Waals surface area contributed by atoms with Crippen molar-refractivity contribution in [2.24, 2.45) is 0 Å². The fraction of sp³-hybridized carbons (Fsp3) is 0.389. The van der Waals surface area contributed by atoms with Crippen molar-refractivity contribution in [3.63, 3.8) is 0 Å². The van der Waals surface area contributed by atoms with Gasteiger partial charge in [-0.05, 0) is 37.1 Å². The molecule has 4 nitrogen and oxygen atoms in total. The number of para-hydroxylation sites is 1. The number of nitrogens with zero attached hydrogens (tertiary/aromatic N) is 2. The Kier molecular flexibility index (Phi) is 4.18. The molecule has 1 fully saturated rings. The molecule has 1 aromatic heterocycles. The van der Waals surface area contributed by atoms with E-state index in [1.165, 1.54) is 5.56 Å². The van der Waals surface area contributed by atoms with Crippen LogP contribution in [0.4, 0.5) is 0 Å². The summed E-state index contributed by atoms with van der Waals surface area (Å²) in [5, 5.41) is 0. The summed E-state index contributed by atoms with van der Waals surface area (Å²) in [6.07, 6.45) is 4.91. The summed E-state index contributed by atoms with van der Waals surface area (Å²) in [5.74, 6) is 1.10. The summed E-state index contributed by atoms with van der Waals surface area (Å²) >= 11 is 0. The van der Waals surface area contributed by atoms with Gasteiger partial charge in [0.2, 0.25) is 5.91 Å². The van der Waals surface area contributed by atoms with Gasteiger partial charge in [-0.15, -0.1) is 0 Å². The molecule has 1 aliphatic heterocycles. The minimum Gasteiger partial charge on any atom is -0.486 e. The molecule has 3 rings (SSSR count). The van der Waals surface area contributed by atoms with E-state index in [-0.39, 0.29) is 18.1 Å². The van der Waals surface area contributed by atoms with Crippen molar-refractivity contribution in [1.82, 2.24) is 9.47 Å². The Balaban J connectivity index is 1.55. The van der Waals surface area contributed by atoms with Gasteiger partial charge in [0, 0.05) is 12.4 Å². The van der Waals surface area contributed by atoms with Crippen molar-refractivity contribution in [3.8, 4) is 5.75 Å². The van der Waals surface area contributed by atoms with Gasteiger partial charge in [0.25, 0.3) is 0 Å². The number of benzene rings is 1. The number of carbonyl (C=O) groups is 1. The first-order chi connectivity index (χ1) is 10.7. The van der Waals surface area contributed by atoms with Crippen LogP contribution >= 0.6 is 0 Å². The number of aryl methyl sites for hydroxylation is 1. The molecular formula is C18H22N2O2. The van der Waals surface area contributed by atoms with Gasteiger partial charge in [-0.25, -0.2) is 0 Å². The van der Waals surface area contributed by atoms with Crippen LogP contribution in [-0.2, 0) is 11.2 Å². The lowest BCUT2D eigenvalue weighted by molar-refractivity contribution is -0.143. The highest BCUT2D eigenvalue weighted by Crippen LogP contribution is 2.24. The Bertz CT molecular complexity index is 630. The summed E-state index contributed by atoms with van der Waals surface area (Å²) in [4.78, 5) is 14.3. The summed E-state index contributed by atoms with van der Waals surface area (Å²) in [6.45, 7) is 5.39. The first-order valence-corrected chi connectivity index (χ1v) is 7.85. The van der Waals surface area contributed by atoms with Gasteiger partial charge in [0.15, 0.2) is 0 Å². The van der Waals surface area contributed by atoms with Crippen LogP contribution in [0.3, 0.4) is 0 Å². The number of ether oxygens (including phenoxy) is 1. The van der Waals surface area contributed by atoms with E-state index in [1.54, 1.807) is 0 Å². The van der Waals surface area contributed by atoms with Crippen LogP contribution in [0, 0.1) is 0 Å². The first kappa shape index (κ1) is 14.7. The quantitative estimate of drug-likeness (QED) is 0.850. The van der Waals surface area contributed by atoms with E-state index in [9.17, 15) is 4.79 Å². The van der Waals surface area contributed by atoms with Crippen molar-refractivity contribution in [3.05, 3.63) is 54.4 Å². The maximum absolute atomic E-state index is 12.4. The summed E-state index contributed by atoms with van der Waals surface area (Å²) in [5.41, 5.74) is 1.22. The van der Waals surface area contributed by atoms with Gasteiger partial charge in [0.05, 0.1) is 13.1 Å². The Hall–Kier alpha value is -2.23. The molecule has 1 aliphatic rings. The van der Waals surface area contributed by atoms with Gasteiger partial charge < -0.3 is 14.2 Å². The van der Waals surface area contributed by atoms with Crippen molar-refractivity contribution in [2.45, 2.75) is 32.4 Å². The second-order valence-corrected chi connectivity index (χ2v) is 5.75. The zero-order chi connectivity index (χ0) is 15.5. The summed E-state index contributed by atoms with van der Waals surface area (Å²) in [7, 11) is 0. The standard InChI is InChI=1S/C18H22N2O2/c1-3-15-8-4-5-9-17(15)22-16-12-20(13-16)18(21)14(2)19-10-6-7-11-19/h4-11,14,16H,3,12-13H2,1-2H3. The molecule has 0 aliphatic carbocycles. The van der Waals surface area contributed by atoms with Crippen LogP contribution in [0.25, 0.3) is 0 Å². The van der Waals surface area contributed by atoms with Crippen LogP contribution in [-0.4, -0.2) is 34.6 Å². The highest BCUT2D eigenvalue weighted by molar-refractivity contribution is 5.81. The highest BCUT2D eigenvalue weighted by atomic mass is 16.5. The Morgan fingerprint density at radius 3 is 2.59 bits per heavy atom. The van der Waals surface area contributed by atoms with Gasteiger partial charge in [-0.2, -0.15) is 0 Å². The highest BCUT2D eigenvalue weighted by Gasteiger charge is 2.34. The van der Waals surface area contributed by atoms with Gasteiger partial charge in [0.1, 0.15) is 17.9 Å². The van der Waals surface area contributed by atoms with Crippen molar-refractivity contribution >= 4 is 5.91 Å². The van der Waals surface area contributed by atoms with Gasteiger partial charge in [-0.1, -0.05) is 25.1 Å². The number of carbonyl (C=O) groups excluding carboxylic acids is 1. The number of amides is 1. The molecule has 0 spiro atoms. The van der Waals surface area contributed by atoms with E-state index in [1.807, 2.05) is 59.1 Å². The fourth-order valence-electron chi connectivity index (χ4n) is 2.78. The summed E-state index contributed by atoms with van der Waals surface area (Å²) < 4.78 is 7.96. The molecule has 0 radical (unpaired) electrons. The minimum absolute atomic E-state index is 0.105. The monoisotopic (exact) mass is 298 g/mol. The molecule has 1 unspecified atom stereocenters. The number of hydrogen-bond donors (Lipinski definition) is 0. The molecule has 22 heavy (non-hydrogen) atoms. The topological polar surface area (TPSA) is 34.5 Å². The van der Waals surface area contributed by atoms with E-state index in [0.717, 1.165) is 12.2 Å². The van der Waals surface area contributed by atoms with E-state index >= 15 is 0 Å². The second-order valence-electron chi connectivity index (χ2n) is 5.75. The van der Waals surface area contributed by atoms with Crippen LogP contribution in [0.1, 0.15) is 25.5 Å². The molecule has 1 saturated heterocycles. The van der Waals surface area contributed by atoms with Crippen molar-refractivity contribution in [1.29, 1.82) is 0 Å². The van der Waals surface area contributed by atoms with Gasteiger partial charge in [-0.3, -0.25) is 4.79 Å². The number of rotatable bonds is 5. The molecule has 4 heteroatoms. The average Bonchev–Trinajstić information content (AvgIpc) is 3.03. The van der Waals surface area contributed by atoms with E-state index in [4.69, 9.17) is 4.74 Å². The normalized spacial score (nSPS) is 16.2. The first-order valence-electron chi connectivity index (χ1n) is 7.85. The third-order valence-electron chi connectivity index (χ3n) is 4.24. The smallest absolute Gasteiger partial charge is 0.245 e. The van der Waals surface area contributed by atoms with Crippen LogP contribution < -0.4 is 4.74 Å². The van der Waals surface area contributed by atoms with Gasteiger partial charge >= 0.3 is 0 Å². The predicted molar refractivity (Wildman–Crippen MR) is 86.0 cm³/mol. The lowest BCUT2D eigenvalue weighted by atomic mass is 10.1. The molecule has 1 aromatic carbocycles. The molecule has 1 atom stereocenters. The molecule has 2 aromatic rings. The predicted octanol–water partition coefficient (Wildman–Crippen LogP) is 2.90. The average molecular weight is 298 g/mol. The van der Waals surface area contributed by atoms with E-state index in [0.29, 0.717) is 13.1 Å². The SMILES string of the molecule is CCc1ccccc1OC1CN(C(=O)C(C)n2cccc2)C1. The lowest BCUT2D eigenvalue weighted by Gasteiger charge is -2.40. The molecule has 0 saturated carbocycles. The largest absolute Gasteiger partial charge is 0.486 e. The van der Waals surface area contributed by atoms with E-state index in [2.05, 4.69) is 13.0 Å². The Morgan fingerprint density at radius 2 is 1.91 bits per heavy atom. The molecule has 2 heterocycles. The molecular weight excluding hydrogens is 276 g/mol. The van der Waals surface area contributed by atoms with Crippen molar-refractivity contribution < 1.29 is 9.53 Å². The second kappa shape index (κ2) is 6.26. The number of likely N-dealkylation sites (tertiary alicyclic amines) is 1. The minimum atomic E-state index is -0.154. The zero-order valence-electron chi connectivity index (χ0n) is 13.1. The molecule has 1 amide bonds. The lowest BCUT2D eigenvalue weighted by Crippen LogP contribution is -2.57. The maximum Gasteiger partial charge on any atom is 0.245 e. The van der Waals surface area contributed by atoms with Crippen molar-refractivity contribution in [2.75, 3.05) is 13.1 Å². The Labute approximate surface area is 131 Å².